The Morgan fingerprint density at radius 2 is 1.71 bits per heavy atom. The van der Waals surface area contributed by atoms with E-state index in [2.05, 4.69) is 5.32 Å². The van der Waals surface area contributed by atoms with E-state index >= 15 is 0 Å². The minimum Gasteiger partial charge on any atom is -0.324 e. The molecule has 0 saturated heterocycles. The molecular weight excluding hydrogens is 214 g/mol. The summed E-state index contributed by atoms with van der Waals surface area (Å²) in [6.45, 7) is 0.0475. The third-order valence-corrected chi connectivity index (χ3v) is 3.70. The summed E-state index contributed by atoms with van der Waals surface area (Å²) in [5.74, 6) is -0.0978. The fourth-order valence-corrected chi connectivity index (χ4v) is 2.93. The molecule has 1 heterocycles. The number of rotatable bonds is 2. The number of fused-ring (bicyclic) bond motifs is 2. The third-order valence-electron chi connectivity index (χ3n) is 3.70. The Bertz CT molecular complexity index is 450. The fourth-order valence-electron chi connectivity index (χ4n) is 2.93. The van der Waals surface area contributed by atoms with Gasteiger partial charge in [0, 0.05) is 11.4 Å². The van der Waals surface area contributed by atoms with Crippen LogP contribution in [-0.4, -0.2) is 17.4 Å². The van der Waals surface area contributed by atoms with Gasteiger partial charge < -0.3 is 11.1 Å². The molecule has 17 heavy (non-hydrogen) atoms. The number of carbonyl (C=O) groups is 1. The Labute approximate surface area is 101 Å². The highest BCUT2D eigenvalue weighted by molar-refractivity contribution is 5.94. The normalized spacial score (nSPS) is 16.8. The van der Waals surface area contributed by atoms with Gasteiger partial charge in [-0.1, -0.05) is 0 Å². The van der Waals surface area contributed by atoms with Crippen molar-refractivity contribution < 1.29 is 4.79 Å². The first-order chi connectivity index (χ1) is 8.29. The van der Waals surface area contributed by atoms with E-state index in [4.69, 9.17) is 10.7 Å². The molecule has 90 valence electrons. The predicted octanol–water partition coefficient (Wildman–Crippen LogP) is 0.956. The average molecular weight is 231 g/mol. The summed E-state index contributed by atoms with van der Waals surface area (Å²) in [6, 6.07) is 0. The largest absolute Gasteiger partial charge is 0.324 e. The van der Waals surface area contributed by atoms with Crippen LogP contribution in [0, 0.1) is 0 Å². The van der Waals surface area contributed by atoms with Gasteiger partial charge in [0.15, 0.2) is 0 Å². The van der Waals surface area contributed by atoms with E-state index in [-0.39, 0.29) is 12.5 Å². The van der Waals surface area contributed by atoms with Gasteiger partial charge in [0.05, 0.1) is 12.2 Å². The Morgan fingerprint density at radius 1 is 1.12 bits per heavy atom. The molecule has 0 bridgehead atoms. The lowest BCUT2D eigenvalue weighted by Gasteiger charge is -2.14. The standard InChI is InChI=1S/C13H17N3O/c14-7-12(17)16-13-8-3-1-5-10(8)15-11-6-2-4-9(11)13/h1-7,14H2,(H,15,16,17). The van der Waals surface area contributed by atoms with E-state index in [9.17, 15) is 4.79 Å². The zero-order valence-corrected chi connectivity index (χ0v) is 9.88. The third kappa shape index (κ3) is 1.72. The molecule has 4 nitrogen and oxygen atoms in total. The number of carbonyl (C=O) groups excluding carboxylic acids is 1. The molecule has 3 N–H and O–H groups in total. The topological polar surface area (TPSA) is 68.0 Å². The quantitative estimate of drug-likeness (QED) is 0.796. The lowest BCUT2D eigenvalue weighted by Crippen LogP contribution is -2.23. The molecule has 2 aliphatic carbocycles. The summed E-state index contributed by atoms with van der Waals surface area (Å²) in [4.78, 5) is 16.3. The average Bonchev–Trinajstić information content (AvgIpc) is 2.96. The summed E-state index contributed by atoms with van der Waals surface area (Å²) in [5, 5.41) is 2.99. The van der Waals surface area contributed by atoms with Gasteiger partial charge in [-0.2, -0.15) is 0 Å². The summed E-state index contributed by atoms with van der Waals surface area (Å²) in [6.07, 6.45) is 6.47. The van der Waals surface area contributed by atoms with Crippen molar-refractivity contribution in [2.24, 2.45) is 5.73 Å². The Morgan fingerprint density at radius 3 is 2.24 bits per heavy atom. The minimum atomic E-state index is -0.0978. The first-order valence-electron chi connectivity index (χ1n) is 6.33. The molecule has 1 aromatic heterocycles. The van der Waals surface area contributed by atoms with Gasteiger partial charge in [-0.3, -0.25) is 9.78 Å². The SMILES string of the molecule is NCC(=O)Nc1c2c(nc3c1CCC3)CCC2. The van der Waals surface area contributed by atoms with Gasteiger partial charge in [-0.05, 0) is 49.7 Å². The highest BCUT2D eigenvalue weighted by Gasteiger charge is 2.25. The van der Waals surface area contributed by atoms with Crippen molar-refractivity contribution >= 4 is 11.6 Å². The van der Waals surface area contributed by atoms with Crippen molar-refractivity contribution in [2.75, 3.05) is 11.9 Å². The Hall–Kier alpha value is -1.42. The van der Waals surface area contributed by atoms with E-state index in [0.29, 0.717) is 0 Å². The summed E-state index contributed by atoms with van der Waals surface area (Å²) >= 11 is 0. The van der Waals surface area contributed by atoms with Crippen LogP contribution in [0.1, 0.15) is 35.4 Å². The van der Waals surface area contributed by atoms with E-state index in [1.807, 2.05) is 0 Å². The molecule has 0 aromatic carbocycles. The van der Waals surface area contributed by atoms with Crippen LogP contribution in [0.5, 0.6) is 0 Å². The van der Waals surface area contributed by atoms with E-state index in [1.54, 1.807) is 0 Å². The molecule has 0 unspecified atom stereocenters. The number of amides is 1. The van der Waals surface area contributed by atoms with Crippen molar-refractivity contribution in [3.8, 4) is 0 Å². The Kier molecular flexibility index (Phi) is 2.59. The minimum absolute atomic E-state index is 0.0475. The summed E-state index contributed by atoms with van der Waals surface area (Å²) in [5.41, 5.74) is 11.3. The molecule has 2 aliphatic rings. The first-order valence-corrected chi connectivity index (χ1v) is 6.33. The van der Waals surface area contributed by atoms with E-state index < -0.39 is 0 Å². The monoisotopic (exact) mass is 231 g/mol. The van der Waals surface area contributed by atoms with Crippen LogP contribution in [-0.2, 0) is 30.5 Å². The second-order valence-corrected chi connectivity index (χ2v) is 4.80. The van der Waals surface area contributed by atoms with Gasteiger partial charge in [-0.25, -0.2) is 0 Å². The molecule has 1 amide bonds. The summed E-state index contributed by atoms with van der Waals surface area (Å²) in [7, 11) is 0. The zero-order valence-electron chi connectivity index (χ0n) is 9.88. The lowest BCUT2D eigenvalue weighted by atomic mass is 10.1. The second kappa shape index (κ2) is 4.11. The molecule has 0 spiro atoms. The zero-order chi connectivity index (χ0) is 11.8. The fraction of sp³-hybridized carbons (Fsp3) is 0.538. The molecule has 0 radical (unpaired) electrons. The van der Waals surface area contributed by atoms with E-state index in [1.165, 1.54) is 22.5 Å². The number of aromatic nitrogens is 1. The van der Waals surface area contributed by atoms with Crippen molar-refractivity contribution in [3.05, 3.63) is 22.5 Å². The molecule has 3 rings (SSSR count). The highest BCUT2D eigenvalue weighted by atomic mass is 16.1. The maximum atomic E-state index is 11.5. The maximum absolute atomic E-state index is 11.5. The molecule has 0 saturated carbocycles. The van der Waals surface area contributed by atoms with Crippen LogP contribution in [0.2, 0.25) is 0 Å². The summed E-state index contributed by atoms with van der Waals surface area (Å²) < 4.78 is 0. The molecule has 0 fully saturated rings. The number of hydrogen-bond donors (Lipinski definition) is 2. The molecule has 0 aliphatic heterocycles. The molecule has 0 atom stereocenters. The van der Waals surface area contributed by atoms with Crippen LogP contribution < -0.4 is 11.1 Å². The van der Waals surface area contributed by atoms with Gasteiger partial charge >= 0.3 is 0 Å². The van der Waals surface area contributed by atoms with E-state index in [0.717, 1.165) is 44.2 Å². The predicted molar refractivity (Wildman–Crippen MR) is 66.0 cm³/mol. The second-order valence-electron chi connectivity index (χ2n) is 4.80. The molecule has 4 heteroatoms. The Balaban J connectivity index is 2.08. The number of nitrogens with zero attached hydrogens (tertiary/aromatic N) is 1. The van der Waals surface area contributed by atoms with Gasteiger partial charge in [0.2, 0.25) is 5.91 Å². The number of pyridine rings is 1. The van der Waals surface area contributed by atoms with Crippen molar-refractivity contribution in [2.45, 2.75) is 38.5 Å². The van der Waals surface area contributed by atoms with Gasteiger partial charge in [0.1, 0.15) is 0 Å². The van der Waals surface area contributed by atoms with Crippen LogP contribution in [0.4, 0.5) is 5.69 Å². The highest BCUT2D eigenvalue weighted by Crippen LogP contribution is 2.36. The number of nitrogens with one attached hydrogen (secondary N) is 1. The van der Waals surface area contributed by atoms with Crippen molar-refractivity contribution in [1.82, 2.24) is 4.98 Å². The van der Waals surface area contributed by atoms with Crippen LogP contribution >= 0.6 is 0 Å². The number of anilines is 1. The van der Waals surface area contributed by atoms with Crippen LogP contribution in [0.25, 0.3) is 0 Å². The van der Waals surface area contributed by atoms with Gasteiger partial charge in [-0.15, -0.1) is 0 Å². The molecular formula is C13H17N3O. The van der Waals surface area contributed by atoms with Crippen LogP contribution in [0.15, 0.2) is 0 Å². The smallest absolute Gasteiger partial charge is 0.238 e. The number of hydrogen-bond acceptors (Lipinski definition) is 3. The van der Waals surface area contributed by atoms with Gasteiger partial charge in [0.25, 0.3) is 0 Å². The first kappa shape index (κ1) is 10.7. The lowest BCUT2D eigenvalue weighted by molar-refractivity contribution is -0.114. The molecule has 1 aromatic rings. The number of nitrogens with two attached hydrogens (primary N) is 1. The van der Waals surface area contributed by atoms with Crippen molar-refractivity contribution in [3.63, 3.8) is 0 Å². The van der Waals surface area contributed by atoms with Crippen LogP contribution in [0.3, 0.4) is 0 Å². The van der Waals surface area contributed by atoms with Crippen molar-refractivity contribution in [1.29, 1.82) is 0 Å². The maximum Gasteiger partial charge on any atom is 0.238 e. The number of aryl methyl sites for hydroxylation is 2.